The van der Waals surface area contributed by atoms with Gasteiger partial charge in [0.05, 0.1) is 12.1 Å². The summed E-state index contributed by atoms with van der Waals surface area (Å²) < 4.78 is 7.28. The van der Waals surface area contributed by atoms with Crippen LogP contribution in [0.1, 0.15) is 23.9 Å². The van der Waals surface area contributed by atoms with Gasteiger partial charge in [-0.3, -0.25) is 0 Å². The molecule has 0 saturated heterocycles. The Morgan fingerprint density at radius 2 is 2.07 bits per heavy atom. The van der Waals surface area contributed by atoms with Crippen molar-refractivity contribution in [3.63, 3.8) is 0 Å². The lowest BCUT2D eigenvalue weighted by Gasteiger charge is -2.24. The van der Waals surface area contributed by atoms with Gasteiger partial charge in [0.2, 0.25) is 0 Å². The minimum absolute atomic E-state index is 0.398. The van der Waals surface area contributed by atoms with Gasteiger partial charge in [0.15, 0.2) is 0 Å². The maximum absolute atomic E-state index is 6.19. The molecule has 1 aromatic rings. The van der Waals surface area contributed by atoms with E-state index in [0.717, 1.165) is 0 Å². The van der Waals surface area contributed by atoms with Gasteiger partial charge in [-0.25, -0.2) is 0 Å². The number of hydrogen-bond acceptors (Lipinski definition) is 2. The third-order valence-corrected chi connectivity index (χ3v) is 2.83. The Labute approximate surface area is 85.9 Å². The van der Waals surface area contributed by atoms with Crippen molar-refractivity contribution in [2.24, 2.45) is 12.8 Å². The van der Waals surface area contributed by atoms with E-state index < -0.39 is 5.54 Å². The maximum atomic E-state index is 6.19. The van der Waals surface area contributed by atoms with Crippen molar-refractivity contribution >= 4 is 0 Å². The molecule has 0 saturated carbocycles. The maximum Gasteiger partial charge on any atom is 0.0682 e. The minimum Gasteiger partial charge on any atom is -0.382 e. The summed E-state index contributed by atoms with van der Waals surface area (Å²) in [6, 6.07) is 2.13. The van der Waals surface area contributed by atoms with E-state index in [1.807, 2.05) is 6.92 Å². The van der Waals surface area contributed by atoms with E-state index in [2.05, 4.69) is 31.5 Å². The summed E-state index contributed by atoms with van der Waals surface area (Å²) in [6.45, 7) is 6.71. The van der Waals surface area contributed by atoms with Crippen LogP contribution in [0.25, 0.3) is 0 Å². The predicted molar refractivity (Wildman–Crippen MR) is 58.3 cm³/mol. The van der Waals surface area contributed by atoms with Crippen molar-refractivity contribution in [1.29, 1.82) is 0 Å². The molecule has 2 N–H and O–H groups in total. The smallest absolute Gasteiger partial charge is 0.0682 e. The van der Waals surface area contributed by atoms with Crippen LogP contribution in [0.15, 0.2) is 6.07 Å². The molecular weight excluding hydrogens is 176 g/mol. The first kappa shape index (κ1) is 11.3. The standard InChI is InChI=1S/C11H20N2O/c1-8-6-10(9(2)13(8)4)11(3,12)7-14-5/h6H,7,12H2,1-5H3. The molecule has 0 aliphatic heterocycles. The summed E-state index contributed by atoms with van der Waals surface area (Å²) in [6.07, 6.45) is 0. The normalized spacial score (nSPS) is 15.6. The third kappa shape index (κ3) is 1.83. The van der Waals surface area contributed by atoms with Crippen molar-refractivity contribution in [3.8, 4) is 0 Å². The third-order valence-electron chi connectivity index (χ3n) is 2.83. The predicted octanol–water partition coefficient (Wildman–Crippen LogP) is 1.46. The second-order valence-corrected chi connectivity index (χ2v) is 4.19. The van der Waals surface area contributed by atoms with E-state index in [0.29, 0.717) is 6.61 Å². The fourth-order valence-electron chi connectivity index (χ4n) is 1.81. The quantitative estimate of drug-likeness (QED) is 0.795. The molecule has 0 fully saturated rings. The minimum atomic E-state index is -0.398. The molecule has 1 atom stereocenters. The molecule has 1 rings (SSSR count). The highest BCUT2D eigenvalue weighted by Crippen LogP contribution is 2.24. The summed E-state index contributed by atoms with van der Waals surface area (Å²) in [5.41, 5.74) is 9.40. The lowest BCUT2D eigenvalue weighted by Crippen LogP contribution is -2.38. The second kappa shape index (κ2) is 3.75. The molecule has 1 heterocycles. The topological polar surface area (TPSA) is 40.2 Å². The molecule has 1 aromatic heterocycles. The molecule has 0 aromatic carbocycles. The molecule has 0 aliphatic rings. The summed E-state index contributed by atoms with van der Waals surface area (Å²) in [7, 11) is 3.73. The van der Waals surface area contributed by atoms with Gasteiger partial charge >= 0.3 is 0 Å². The molecule has 3 nitrogen and oxygen atoms in total. The fourth-order valence-corrected chi connectivity index (χ4v) is 1.81. The molecule has 0 bridgehead atoms. The number of aryl methyl sites for hydroxylation is 1. The highest BCUT2D eigenvalue weighted by atomic mass is 16.5. The van der Waals surface area contributed by atoms with Crippen LogP contribution in [0.4, 0.5) is 0 Å². The first-order valence-corrected chi connectivity index (χ1v) is 4.81. The number of ether oxygens (including phenoxy) is 1. The van der Waals surface area contributed by atoms with Gasteiger partial charge in [0, 0.05) is 25.5 Å². The van der Waals surface area contributed by atoms with E-state index in [1.165, 1.54) is 17.0 Å². The van der Waals surface area contributed by atoms with Crippen LogP contribution >= 0.6 is 0 Å². The Morgan fingerprint density at radius 1 is 1.50 bits per heavy atom. The summed E-state index contributed by atoms with van der Waals surface area (Å²) in [4.78, 5) is 0. The molecule has 0 radical (unpaired) electrons. The second-order valence-electron chi connectivity index (χ2n) is 4.19. The molecule has 3 heteroatoms. The summed E-state index contributed by atoms with van der Waals surface area (Å²) >= 11 is 0. The van der Waals surface area contributed by atoms with Gasteiger partial charge in [0.25, 0.3) is 0 Å². The van der Waals surface area contributed by atoms with Crippen LogP contribution in [-0.2, 0) is 17.3 Å². The van der Waals surface area contributed by atoms with Crippen LogP contribution in [0.2, 0.25) is 0 Å². The van der Waals surface area contributed by atoms with Crippen LogP contribution in [0.5, 0.6) is 0 Å². The number of hydrogen-bond donors (Lipinski definition) is 1. The molecular formula is C11H20N2O. The van der Waals surface area contributed by atoms with E-state index in [1.54, 1.807) is 7.11 Å². The molecule has 80 valence electrons. The average molecular weight is 196 g/mol. The molecule has 1 unspecified atom stereocenters. The van der Waals surface area contributed by atoms with Gasteiger partial charge in [-0.15, -0.1) is 0 Å². The monoisotopic (exact) mass is 196 g/mol. The number of methoxy groups -OCH3 is 1. The van der Waals surface area contributed by atoms with Gasteiger partial charge < -0.3 is 15.0 Å². The van der Waals surface area contributed by atoms with Crippen LogP contribution in [0.3, 0.4) is 0 Å². The summed E-state index contributed by atoms with van der Waals surface area (Å²) in [5.74, 6) is 0. The van der Waals surface area contributed by atoms with Gasteiger partial charge in [0.1, 0.15) is 0 Å². The van der Waals surface area contributed by atoms with Crippen molar-refractivity contribution in [2.45, 2.75) is 26.3 Å². The molecule has 0 spiro atoms. The first-order valence-electron chi connectivity index (χ1n) is 4.81. The zero-order chi connectivity index (χ0) is 10.9. The van der Waals surface area contributed by atoms with Crippen molar-refractivity contribution in [2.75, 3.05) is 13.7 Å². The highest BCUT2D eigenvalue weighted by Gasteiger charge is 2.25. The number of nitrogens with two attached hydrogens (primary N) is 1. The Bertz CT molecular complexity index is 326. The number of nitrogens with zero attached hydrogens (tertiary/aromatic N) is 1. The fraction of sp³-hybridized carbons (Fsp3) is 0.636. The van der Waals surface area contributed by atoms with Crippen LogP contribution in [-0.4, -0.2) is 18.3 Å². The Kier molecular flexibility index (Phi) is 3.02. The van der Waals surface area contributed by atoms with E-state index >= 15 is 0 Å². The Morgan fingerprint density at radius 3 is 2.43 bits per heavy atom. The van der Waals surface area contributed by atoms with Gasteiger partial charge in [-0.2, -0.15) is 0 Å². The van der Waals surface area contributed by atoms with Gasteiger partial charge in [-0.1, -0.05) is 0 Å². The van der Waals surface area contributed by atoms with Crippen molar-refractivity contribution in [1.82, 2.24) is 4.57 Å². The average Bonchev–Trinajstić information content (AvgIpc) is 2.33. The van der Waals surface area contributed by atoms with Crippen LogP contribution in [0, 0.1) is 13.8 Å². The van der Waals surface area contributed by atoms with E-state index in [9.17, 15) is 0 Å². The zero-order valence-corrected chi connectivity index (χ0v) is 9.72. The van der Waals surface area contributed by atoms with E-state index in [-0.39, 0.29) is 0 Å². The lowest BCUT2D eigenvalue weighted by molar-refractivity contribution is 0.140. The van der Waals surface area contributed by atoms with Gasteiger partial charge in [-0.05, 0) is 32.4 Å². The molecule has 0 amide bonds. The zero-order valence-electron chi connectivity index (χ0n) is 9.72. The molecule has 0 aliphatic carbocycles. The van der Waals surface area contributed by atoms with Crippen molar-refractivity contribution in [3.05, 3.63) is 23.0 Å². The first-order chi connectivity index (χ1) is 6.40. The Balaban J connectivity index is 3.12. The number of rotatable bonds is 3. The highest BCUT2D eigenvalue weighted by molar-refractivity contribution is 5.32. The SMILES string of the molecule is COCC(C)(N)c1cc(C)n(C)c1C. The van der Waals surface area contributed by atoms with Crippen LogP contribution < -0.4 is 5.73 Å². The molecule has 14 heavy (non-hydrogen) atoms. The Hall–Kier alpha value is -0.800. The van der Waals surface area contributed by atoms with Crippen molar-refractivity contribution < 1.29 is 4.74 Å². The largest absolute Gasteiger partial charge is 0.382 e. The number of aromatic nitrogens is 1. The lowest BCUT2D eigenvalue weighted by atomic mass is 9.94. The summed E-state index contributed by atoms with van der Waals surface area (Å²) in [5, 5.41) is 0. The van der Waals surface area contributed by atoms with E-state index in [4.69, 9.17) is 10.5 Å².